The van der Waals surface area contributed by atoms with Crippen molar-refractivity contribution < 1.29 is 33.8 Å². The number of aliphatic carboxylic acids is 1. The van der Waals surface area contributed by atoms with E-state index in [0.717, 1.165) is 7.11 Å². The van der Waals surface area contributed by atoms with Crippen molar-refractivity contribution in [3.8, 4) is 0 Å². The number of carboxylic acids is 1. The Balaban J connectivity index is 3.07. The number of hydrogen-bond donors (Lipinski definition) is 9. The molecule has 1 rings (SSSR count). The molecule has 0 spiro atoms. The molecule has 0 saturated carbocycles. The van der Waals surface area contributed by atoms with Crippen molar-refractivity contribution in [2.45, 2.75) is 43.7 Å². The van der Waals surface area contributed by atoms with Gasteiger partial charge in [0.1, 0.15) is 17.7 Å². The highest BCUT2D eigenvalue weighted by atomic mass is 16.5. The second-order valence-electron chi connectivity index (χ2n) is 8.36. The molecule has 0 radical (unpaired) electrons. The molecule has 0 aliphatic carbocycles. The first-order chi connectivity index (χ1) is 17.9. The minimum Gasteiger partial charge on any atom is -0.481 e. The van der Waals surface area contributed by atoms with E-state index in [-0.39, 0.29) is 31.1 Å². The van der Waals surface area contributed by atoms with Crippen LogP contribution in [0.25, 0.3) is 0 Å². The van der Waals surface area contributed by atoms with Gasteiger partial charge in [0.15, 0.2) is 5.96 Å². The fourth-order valence-electron chi connectivity index (χ4n) is 3.52. The molecule has 0 heterocycles. The molecule has 2 atom stereocenters. The van der Waals surface area contributed by atoms with Crippen molar-refractivity contribution in [2.75, 3.05) is 20.2 Å². The van der Waals surface area contributed by atoms with Gasteiger partial charge in [0.25, 0.3) is 0 Å². The summed E-state index contributed by atoms with van der Waals surface area (Å²) in [6.45, 7) is -0.248. The molecule has 15 nitrogen and oxygen atoms in total. The third kappa shape index (κ3) is 10.9. The Bertz CT molecular complexity index is 1050. The van der Waals surface area contributed by atoms with Crippen LogP contribution in [-0.2, 0) is 30.3 Å². The maximum absolute atomic E-state index is 13.4. The maximum Gasteiger partial charge on any atom is 0.407 e. The van der Waals surface area contributed by atoms with E-state index in [9.17, 15) is 29.1 Å². The number of carbonyl (C=O) groups is 5. The van der Waals surface area contributed by atoms with Gasteiger partial charge in [-0.1, -0.05) is 18.2 Å². The molecule has 0 aliphatic rings. The van der Waals surface area contributed by atoms with Crippen molar-refractivity contribution in [2.24, 2.45) is 11.5 Å². The van der Waals surface area contributed by atoms with Crippen LogP contribution >= 0.6 is 0 Å². The molecule has 38 heavy (non-hydrogen) atoms. The lowest BCUT2D eigenvalue weighted by molar-refractivity contribution is -0.138. The highest BCUT2D eigenvalue weighted by Crippen LogP contribution is 2.22. The van der Waals surface area contributed by atoms with Crippen molar-refractivity contribution in [3.05, 3.63) is 35.4 Å². The molecule has 0 aliphatic heterocycles. The molecule has 0 saturated heterocycles. The van der Waals surface area contributed by atoms with Gasteiger partial charge >= 0.3 is 12.1 Å². The molecule has 0 fully saturated rings. The molecular weight excluding hydrogens is 500 g/mol. The molecule has 1 aromatic rings. The Morgan fingerprint density at radius 3 is 2.47 bits per heavy atom. The van der Waals surface area contributed by atoms with Crippen LogP contribution in [0.1, 0.15) is 36.8 Å². The van der Waals surface area contributed by atoms with Gasteiger partial charge in [-0.25, -0.2) is 4.79 Å². The molecule has 1 aromatic carbocycles. The van der Waals surface area contributed by atoms with E-state index in [1.165, 1.54) is 6.07 Å². The monoisotopic (exact) mass is 534 g/mol. The van der Waals surface area contributed by atoms with E-state index in [1.54, 1.807) is 18.2 Å². The summed E-state index contributed by atoms with van der Waals surface area (Å²) >= 11 is 0. The summed E-state index contributed by atoms with van der Waals surface area (Å²) in [4.78, 5) is 60.6. The molecule has 15 heteroatoms. The van der Waals surface area contributed by atoms with Gasteiger partial charge in [-0.05, 0) is 30.9 Å². The predicted octanol–water partition coefficient (Wildman–Crippen LogP) is -1.46. The van der Waals surface area contributed by atoms with Gasteiger partial charge < -0.3 is 47.4 Å². The van der Waals surface area contributed by atoms with Crippen molar-refractivity contribution in [1.82, 2.24) is 21.3 Å². The zero-order valence-corrected chi connectivity index (χ0v) is 21.0. The Morgan fingerprint density at radius 1 is 1.18 bits per heavy atom. The largest absolute Gasteiger partial charge is 0.481 e. The third-order valence-electron chi connectivity index (χ3n) is 5.40. The molecule has 3 amide bonds. The van der Waals surface area contributed by atoms with Crippen LogP contribution in [0.3, 0.4) is 0 Å². The third-order valence-corrected chi connectivity index (χ3v) is 5.40. The van der Waals surface area contributed by atoms with Crippen LogP contribution < -0.4 is 32.7 Å². The summed E-state index contributed by atoms with van der Waals surface area (Å²) in [5.41, 5.74) is 9.69. The minimum absolute atomic E-state index is 0.204. The first-order valence-electron chi connectivity index (χ1n) is 11.5. The summed E-state index contributed by atoms with van der Waals surface area (Å²) in [7, 11) is 1.07. The Labute approximate surface area is 219 Å². The molecule has 1 unspecified atom stereocenters. The van der Waals surface area contributed by atoms with Crippen LogP contribution in [0.2, 0.25) is 0 Å². The second kappa shape index (κ2) is 15.4. The van der Waals surface area contributed by atoms with Crippen LogP contribution in [0.5, 0.6) is 0 Å². The number of carboxylic acid groups (broad SMARTS) is 1. The number of amides is 3. The number of methoxy groups -OCH3 is 1. The highest BCUT2D eigenvalue weighted by molar-refractivity contribution is 5.96. The number of carbonyl (C=O) groups excluding carboxylic acids is 4. The first-order valence-corrected chi connectivity index (χ1v) is 11.5. The van der Waals surface area contributed by atoms with E-state index in [0.29, 0.717) is 30.4 Å². The number of benzene rings is 1. The Hall–Kier alpha value is -4.69. The van der Waals surface area contributed by atoms with Gasteiger partial charge in [0.2, 0.25) is 11.8 Å². The standard InChI is InChI=1S/C23H34N8O7/c1-38-22(37)31-23(8-7-18(34)35,11-14-4-2-5-15(10-14)19(24)25)20(36)29-12-17(33)30-16(13-32)6-3-9-28-21(26)27/h2,4-5,10,13,16H,3,6-9,11-12H2,1H3,(H3,24,25)(H,29,36)(H,30,33)(H,31,37)(H,34,35)(H4,26,27,28)/t16-,23?/m0/s1. The topological polar surface area (TPSA) is 263 Å². The van der Waals surface area contributed by atoms with Crippen molar-refractivity contribution >= 4 is 42.0 Å². The summed E-state index contributed by atoms with van der Waals surface area (Å²) in [5, 5.41) is 33.8. The summed E-state index contributed by atoms with van der Waals surface area (Å²) in [5.74, 6) is -3.23. The van der Waals surface area contributed by atoms with E-state index in [2.05, 4.69) is 26.0 Å². The van der Waals surface area contributed by atoms with Gasteiger partial charge in [0, 0.05) is 24.9 Å². The number of guanidine groups is 1. The molecule has 208 valence electrons. The molecular formula is C23H34N8O7. The van der Waals surface area contributed by atoms with Crippen LogP contribution in [0.4, 0.5) is 4.79 Å². The van der Waals surface area contributed by atoms with Crippen LogP contribution in [-0.4, -0.2) is 78.8 Å². The lowest BCUT2D eigenvalue weighted by Gasteiger charge is -2.33. The van der Waals surface area contributed by atoms with Crippen LogP contribution in [0, 0.1) is 10.8 Å². The Kier molecular flexibility index (Phi) is 12.7. The average Bonchev–Trinajstić information content (AvgIpc) is 2.87. The SMILES string of the molecule is COC(=O)NC(CCC(=O)O)(Cc1cccc(C(=N)N)c1)C(=O)NCC(=O)N[C@H](C=O)CCCNC(=N)N. The first kappa shape index (κ1) is 31.3. The van der Waals surface area contributed by atoms with E-state index in [4.69, 9.17) is 22.3 Å². The van der Waals surface area contributed by atoms with Crippen molar-refractivity contribution in [3.63, 3.8) is 0 Å². The van der Waals surface area contributed by atoms with E-state index >= 15 is 0 Å². The second-order valence-corrected chi connectivity index (χ2v) is 8.36. The molecule has 0 bridgehead atoms. The van der Waals surface area contributed by atoms with Gasteiger partial charge in [0.05, 0.1) is 19.7 Å². The minimum atomic E-state index is -1.84. The number of nitrogens with two attached hydrogens (primary N) is 2. The fourth-order valence-corrected chi connectivity index (χ4v) is 3.52. The quantitative estimate of drug-likeness (QED) is 0.0514. The van der Waals surface area contributed by atoms with Crippen molar-refractivity contribution in [1.29, 1.82) is 10.8 Å². The van der Waals surface area contributed by atoms with E-state index in [1.807, 2.05) is 0 Å². The maximum atomic E-state index is 13.4. The summed E-state index contributed by atoms with van der Waals surface area (Å²) in [6, 6.07) is 5.43. The van der Waals surface area contributed by atoms with Gasteiger partial charge in [-0.15, -0.1) is 0 Å². The number of amidine groups is 1. The number of nitrogens with one attached hydrogen (secondary N) is 6. The normalized spacial score (nSPS) is 12.7. The average molecular weight is 535 g/mol. The number of nitrogen functional groups attached to an aromatic ring is 1. The fraction of sp³-hybridized carbons (Fsp3) is 0.435. The highest BCUT2D eigenvalue weighted by Gasteiger charge is 2.41. The number of rotatable bonds is 16. The van der Waals surface area contributed by atoms with Gasteiger partial charge in [-0.2, -0.15) is 0 Å². The number of ether oxygens (including phenoxy) is 1. The lowest BCUT2D eigenvalue weighted by atomic mass is 9.84. The zero-order chi connectivity index (χ0) is 28.7. The smallest absolute Gasteiger partial charge is 0.407 e. The number of hydrogen-bond acceptors (Lipinski definition) is 8. The van der Waals surface area contributed by atoms with Crippen LogP contribution in [0.15, 0.2) is 24.3 Å². The predicted molar refractivity (Wildman–Crippen MR) is 136 cm³/mol. The number of alkyl carbamates (subject to hydrolysis) is 1. The summed E-state index contributed by atoms with van der Waals surface area (Å²) in [6.07, 6.45) is -0.848. The zero-order valence-electron chi connectivity index (χ0n) is 21.0. The molecule has 0 aromatic heterocycles. The Morgan fingerprint density at radius 2 is 1.89 bits per heavy atom. The summed E-state index contributed by atoms with van der Waals surface area (Å²) < 4.78 is 4.64. The number of aldehydes is 1. The van der Waals surface area contributed by atoms with E-state index < -0.39 is 48.4 Å². The lowest BCUT2D eigenvalue weighted by Crippen LogP contribution is -2.61. The van der Waals surface area contributed by atoms with Gasteiger partial charge in [-0.3, -0.25) is 25.2 Å². The molecule has 11 N–H and O–H groups in total.